The average Bonchev–Trinajstić information content (AvgIpc) is 2.25. The van der Waals surface area contributed by atoms with Crippen molar-refractivity contribution in [3.63, 3.8) is 0 Å². The van der Waals surface area contributed by atoms with Gasteiger partial charge in [-0.05, 0) is 12.7 Å². The van der Waals surface area contributed by atoms with Gasteiger partial charge in [-0.25, -0.2) is 9.59 Å². The average molecular weight is 250 g/mol. The predicted octanol–water partition coefficient (Wildman–Crippen LogP) is -0.127. The van der Waals surface area contributed by atoms with Crippen LogP contribution in [0.25, 0.3) is 0 Å². The molecule has 0 heterocycles. The van der Waals surface area contributed by atoms with E-state index in [4.69, 9.17) is 10.2 Å². The third kappa shape index (κ3) is 6.52. The molecule has 1 unspecified atom stereocenters. The monoisotopic (exact) mass is 250 g/mol. The summed E-state index contributed by atoms with van der Waals surface area (Å²) < 4.78 is 0. The number of carboxylic acids is 1. The van der Waals surface area contributed by atoms with Gasteiger partial charge in [0.15, 0.2) is 6.04 Å². The Morgan fingerprint density at radius 2 is 2.06 bits per heavy atom. The predicted molar refractivity (Wildman–Crippen MR) is 62.6 cm³/mol. The van der Waals surface area contributed by atoms with Crippen LogP contribution in [0.5, 0.6) is 0 Å². The van der Waals surface area contributed by atoms with E-state index in [1.54, 1.807) is 11.8 Å². The second-order valence-corrected chi connectivity index (χ2v) is 4.58. The minimum Gasteiger partial charge on any atom is -0.480 e. The molecule has 0 saturated heterocycles. The van der Waals surface area contributed by atoms with Crippen molar-refractivity contribution >= 4 is 23.8 Å². The molecule has 0 aromatic carbocycles. The Morgan fingerprint density at radius 1 is 1.44 bits per heavy atom. The topological polar surface area (TPSA) is 98.7 Å². The number of aliphatic carboxylic acids is 1. The molecule has 0 saturated carbocycles. The molecule has 4 N–H and O–H groups in total. The number of aliphatic hydroxyl groups is 1. The lowest BCUT2D eigenvalue weighted by atomic mass is 10.3. The van der Waals surface area contributed by atoms with E-state index in [2.05, 4.69) is 10.6 Å². The van der Waals surface area contributed by atoms with E-state index < -0.39 is 24.6 Å². The summed E-state index contributed by atoms with van der Waals surface area (Å²) in [6, 6.07) is -1.83. The van der Waals surface area contributed by atoms with Gasteiger partial charge >= 0.3 is 12.0 Å². The molecule has 16 heavy (non-hydrogen) atoms. The summed E-state index contributed by atoms with van der Waals surface area (Å²) in [7, 11) is 0. The molecule has 0 spiro atoms. The van der Waals surface area contributed by atoms with Crippen LogP contribution >= 0.6 is 11.8 Å². The number of nitrogens with one attached hydrogen (secondary N) is 2. The molecular weight excluding hydrogens is 232 g/mol. The summed E-state index contributed by atoms with van der Waals surface area (Å²) in [5.41, 5.74) is 0. The Bertz CT molecular complexity index is 238. The molecule has 2 amide bonds. The number of amides is 2. The van der Waals surface area contributed by atoms with Crippen LogP contribution in [-0.4, -0.2) is 52.9 Å². The van der Waals surface area contributed by atoms with E-state index in [1.807, 2.05) is 13.2 Å². The molecule has 0 rings (SSSR count). The lowest BCUT2D eigenvalue weighted by Crippen LogP contribution is -2.48. The molecule has 7 heteroatoms. The number of thioether (sulfide) groups is 1. The fourth-order valence-electron chi connectivity index (χ4n) is 0.902. The summed E-state index contributed by atoms with van der Waals surface area (Å²) in [6.45, 7) is 1.90. The Hall–Kier alpha value is -0.950. The highest BCUT2D eigenvalue weighted by Crippen LogP contribution is 2.07. The number of urea groups is 1. The van der Waals surface area contributed by atoms with Crippen LogP contribution in [-0.2, 0) is 4.79 Å². The van der Waals surface area contributed by atoms with Crippen LogP contribution < -0.4 is 10.6 Å². The zero-order valence-corrected chi connectivity index (χ0v) is 10.2. The third-order valence-electron chi connectivity index (χ3n) is 2.02. The smallest absolute Gasteiger partial charge is 0.328 e. The van der Waals surface area contributed by atoms with Crippen LogP contribution in [0, 0.1) is 0 Å². The van der Waals surface area contributed by atoms with E-state index in [9.17, 15) is 9.59 Å². The molecule has 0 aliphatic heterocycles. The summed E-state index contributed by atoms with van der Waals surface area (Å²) >= 11 is 1.69. The zero-order chi connectivity index (χ0) is 12.6. The van der Waals surface area contributed by atoms with E-state index in [0.717, 1.165) is 6.42 Å². The van der Waals surface area contributed by atoms with Gasteiger partial charge in [-0.3, -0.25) is 0 Å². The van der Waals surface area contributed by atoms with E-state index in [1.165, 1.54) is 0 Å². The van der Waals surface area contributed by atoms with Crippen molar-refractivity contribution in [1.29, 1.82) is 0 Å². The van der Waals surface area contributed by atoms with Crippen molar-refractivity contribution in [3.8, 4) is 0 Å². The quantitative estimate of drug-likeness (QED) is 0.504. The molecule has 0 radical (unpaired) electrons. The van der Waals surface area contributed by atoms with Crippen molar-refractivity contribution in [2.45, 2.75) is 24.6 Å². The van der Waals surface area contributed by atoms with Crippen LogP contribution in [0.2, 0.25) is 0 Å². The van der Waals surface area contributed by atoms with Crippen LogP contribution in [0.4, 0.5) is 4.79 Å². The van der Waals surface area contributed by atoms with E-state index in [0.29, 0.717) is 11.8 Å². The van der Waals surface area contributed by atoms with Gasteiger partial charge < -0.3 is 20.8 Å². The first kappa shape index (κ1) is 15.0. The summed E-state index contributed by atoms with van der Waals surface area (Å²) in [6.07, 6.45) is 2.79. The van der Waals surface area contributed by atoms with E-state index >= 15 is 0 Å². The molecule has 2 atom stereocenters. The molecule has 0 aromatic rings. The van der Waals surface area contributed by atoms with Crippen molar-refractivity contribution < 1.29 is 19.8 Å². The summed E-state index contributed by atoms with van der Waals surface area (Å²) in [5, 5.41) is 22.4. The SMILES string of the molecule is CSC(C)CCNC(=O)N[C@@H](CO)C(=O)O. The normalized spacial score (nSPS) is 13.9. The highest BCUT2D eigenvalue weighted by molar-refractivity contribution is 7.99. The van der Waals surface area contributed by atoms with Gasteiger partial charge in [-0.2, -0.15) is 11.8 Å². The van der Waals surface area contributed by atoms with Gasteiger partial charge in [0.25, 0.3) is 0 Å². The first-order chi connectivity index (χ1) is 7.51. The second-order valence-electron chi connectivity index (χ2n) is 3.31. The summed E-state index contributed by atoms with van der Waals surface area (Å²) in [5.74, 6) is -1.25. The van der Waals surface area contributed by atoms with Crippen molar-refractivity contribution in [3.05, 3.63) is 0 Å². The maximum absolute atomic E-state index is 11.2. The zero-order valence-electron chi connectivity index (χ0n) is 9.40. The standard InChI is InChI=1S/C9H18N2O4S/c1-6(16-2)3-4-10-9(15)11-7(5-12)8(13)14/h6-7,12H,3-5H2,1-2H3,(H,13,14)(H2,10,11,15)/t6?,7-/m0/s1. The first-order valence-corrected chi connectivity index (χ1v) is 6.20. The second kappa shape index (κ2) is 8.23. The fourth-order valence-corrected chi connectivity index (χ4v) is 1.26. The largest absolute Gasteiger partial charge is 0.480 e. The Labute approximate surface area is 98.8 Å². The highest BCUT2D eigenvalue weighted by atomic mass is 32.2. The number of carboxylic acid groups (broad SMARTS) is 1. The molecule has 6 nitrogen and oxygen atoms in total. The fraction of sp³-hybridized carbons (Fsp3) is 0.778. The van der Waals surface area contributed by atoms with E-state index in [-0.39, 0.29) is 0 Å². The number of rotatable bonds is 7. The van der Waals surface area contributed by atoms with Gasteiger partial charge in [-0.1, -0.05) is 6.92 Å². The molecular formula is C9H18N2O4S. The van der Waals surface area contributed by atoms with Gasteiger partial charge in [-0.15, -0.1) is 0 Å². The maximum Gasteiger partial charge on any atom is 0.328 e. The number of carbonyl (C=O) groups excluding carboxylic acids is 1. The third-order valence-corrected chi connectivity index (χ3v) is 3.07. The van der Waals surface area contributed by atoms with Crippen molar-refractivity contribution in [2.24, 2.45) is 0 Å². The molecule has 0 bridgehead atoms. The van der Waals surface area contributed by atoms with Gasteiger partial charge in [0.1, 0.15) is 0 Å². The molecule has 0 aliphatic rings. The number of carbonyl (C=O) groups is 2. The lowest BCUT2D eigenvalue weighted by molar-refractivity contribution is -0.140. The Morgan fingerprint density at radius 3 is 2.50 bits per heavy atom. The van der Waals surface area contributed by atoms with Gasteiger partial charge in [0.2, 0.25) is 0 Å². The first-order valence-electron chi connectivity index (χ1n) is 4.92. The minimum atomic E-state index is -1.25. The van der Waals surface area contributed by atoms with Gasteiger partial charge in [0.05, 0.1) is 6.61 Å². The lowest BCUT2D eigenvalue weighted by Gasteiger charge is -2.13. The molecule has 0 aromatic heterocycles. The Kier molecular flexibility index (Phi) is 7.74. The number of hydrogen-bond donors (Lipinski definition) is 4. The van der Waals surface area contributed by atoms with Crippen molar-refractivity contribution in [2.75, 3.05) is 19.4 Å². The number of hydrogen-bond acceptors (Lipinski definition) is 4. The van der Waals surface area contributed by atoms with Crippen LogP contribution in [0.3, 0.4) is 0 Å². The maximum atomic E-state index is 11.2. The van der Waals surface area contributed by atoms with Crippen LogP contribution in [0.1, 0.15) is 13.3 Å². The van der Waals surface area contributed by atoms with Crippen molar-refractivity contribution in [1.82, 2.24) is 10.6 Å². The molecule has 94 valence electrons. The number of aliphatic hydroxyl groups excluding tert-OH is 1. The van der Waals surface area contributed by atoms with Gasteiger partial charge in [0, 0.05) is 11.8 Å². The Balaban J connectivity index is 3.77. The molecule has 0 fully saturated rings. The molecule has 0 aliphatic carbocycles. The minimum absolute atomic E-state index is 0.438. The summed E-state index contributed by atoms with van der Waals surface area (Å²) in [4.78, 5) is 21.7. The highest BCUT2D eigenvalue weighted by Gasteiger charge is 2.18. The van der Waals surface area contributed by atoms with Crippen LogP contribution in [0.15, 0.2) is 0 Å².